The number of aromatic nitrogens is 3. The average Bonchev–Trinajstić information content (AvgIpc) is 3.44. The zero-order valence-electron chi connectivity index (χ0n) is 18.4. The number of rotatable bonds is 5. The Kier molecular flexibility index (Phi) is 7.49. The number of para-hydroxylation sites is 1. The number of carbonyl (C=O) groups excluding carboxylic acids is 1. The third-order valence-corrected chi connectivity index (χ3v) is 4.52. The molecule has 1 amide bonds. The molecule has 0 bridgehead atoms. The van der Waals surface area contributed by atoms with Crippen LogP contribution in [-0.2, 0) is 11.3 Å². The van der Waals surface area contributed by atoms with Crippen molar-refractivity contribution in [2.75, 3.05) is 19.4 Å². The molecule has 0 atom stereocenters. The second-order valence-corrected chi connectivity index (χ2v) is 7.43. The summed E-state index contributed by atoms with van der Waals surface area (Å²) in [6.45, 7) is 0.514. The summed E-state index contributed by atoms with van der Waals surface area (Å²) in [5.41, 5.74) is 2.01. The Morgan fingerprint density at radius 2 is 1.86 bits per heavy atom. The fourth-order valence-electron chi connectivity index (χ4n) is 3.05. The molecule has 4 rings (SSSR count). The number of carbonyl (C=O) groups is 2. The molecular formula is C22H19F4N5O4. The molecule has 35 heavy (non-hydrogen) atoms. The number of hydrogen-bond acceptors (Lipinski definition) is 6. The van der Waals surface area contributed by atoms with E-state index in [-0.39, 0.29) is 11.4 Å². The minimum atomic E-state index is -5.08. The van der Waals surface area contributed by atoms with Crippen LogP contribution in [0.5, 0.6) is 0 Å². The predicted octanol–water partition coefficient (Wildman–Crippen LogP) is 4.30. The first-order valence-corrected chi connectivity index (χ1v) is 9.89. The average molecular weight is 493 g/mol. The lowest BCUT2D eigenvalue weighted by Crippen LogP contribution is -2.21. The van der Waals surface area contributed by atoms with Crippen molar-refractivity contribution >= 4 is 28.5 Å². The van der Waals surface area contributed by atoms with E-state index in [1.165, 1.54) is 18.5 Å². The molecule has 3 N–H and O–H groups in total. The highest BCUT2D eigenvalue weighted by molar-refractivity contribution is 6.06. The predicted molar refractivity (Wildman–Crippen MR) is 117 cm³/mol. The van der Waals surface area contributed by atoms with Gasteiger partial charge in [-0.05, 0) is 38.4 Å². The van der Waals surface area contributed by atoms with Gasteiger partial charge in [0.15, 0.2) is 11.6 Å². The van der Waals surface area contributed by atoms with Crippen LogP contribution in [0.4, 0.5) is 23.2 Å². The Morgan fingerprint density at radius 3 is 2.46 bits per heavy atom. The van der Waals surface area contributed by atoms with Gasteiger partial charge in [-0.15, -0.1) is 0 Å². The molecule has 0 saturated heterocycles. The molecule has 4 aromatic rings. The maximum Gasteiger partial charge on any atom is 0.490 e. The fourth-order valence-corrected chi connectivity index (χ4v) is 3.05. The van der Waals surface area contributed by atoms with E-state index in [1.807, 2.05) is 37.2 Å². The Labute approximate surface area is 195 Å². The third kappa shape index (κ3) is 6.20. The maximum atomic E-state index is 14.3. The van der Waals surface area contributed by atoms with Gasteiger partial charge in [-0.2, -0.15) is 18.3 Å². The summed E-state index contributed by atoms with van der Waals surface area (Å²) < 4.78 is 51.8. The van der Waals surface area contributed by atoms with Crippen LogP contribution in [-0.4, -0.2) is 57.3 Å². The van der Waals surface area contributed by atoms with Gasteiger partial charge in [0.1, 0.15) is 17.7 Å². The number of halogens is 4. The molecule has 0 unspecified atom stereocenters. The van der Waals surface area contributed by atoms with E-state index in [9.17, 15) is 22.4 Å². The third-order valence-electron chi connectivity index (χ3n) is 4.52. The lowest BCUT2D eigenvalue weighted by Gasteiger charge is -2.11. The van der Waals surface area contributed by atoms with Gasteiger partial charge >= 0.3 is 12.1 Å². The summed E-state index contributed by atoms with van der Waals surface area (Å²) in [4.78, 5) is 27.8. The monoisotopic (exact) mass is 493 g/mol. The van der Waals surface area contributed by atoms with Gasteiger partial charge < -0.3 is 19.7 Å². The van der Waals surface area contributed by atoms with Crippen LogP contribution in [0.15, 0.2) is 53.2 Å². The highest BCUT2D eigenvalue weighted by atomic mass is 19.4. The largest absolute Gasteiger partial charge is 0.490 e. The van der Waals surface area contributed by atoms with Gasteiger partial charge in [0, 0.05) is 23.1 Å². The summed E-state index contributed by atoms with van der Waals surface area (Å²) in [6.07, 6.45) is -3.72. The number of amides is 1. The highest BCUT2D eigenvalue weighted by Gasteiger charge is 2.38. The Hall–Kier alpha value is -4.26. The zero-order chi connectivity index (χ0) is 25.8. The maximum absolute atomic E-state index is 14.3. The van der Waals surface area contributed by atoms with Crippen molar-refractivity contribution in [1.29, 1.82) is 0 Å². The Bertz CT molecular complexity index is 1330. The zero-order valence-corrected chi connectivity index (χ0v) is 18.4. The number of anilines is 1. The lowest BCUT2D eigenvalue weighted by molar-refractivity contribution is -0.192. The van der Waals surface area contributed by atoms with Gasteiger partial charge in [-0.3, -0.25) is 9.89 Å². The minimum Gasteiger partial charge on any atom is -0.475 e. The molecule has 2 aromatic heterocycles. The van der Waals surface area contributed by atoms with Gasteiger partial charge in [0.2, 0.25) is 0 Å². The van der Waals surface area contributed by atoms with Crippen LogP contribution in [0, 0.1) is 5.82 Å². The summed E-state index contributed by atoms with van der Waals surface area (Å²) in [6, 6.07) is 11.8. The van der Waals surface area contributed by atoms with Crippen molar-refractivity contribution < 1.29 is 36.7 Å². The second-order valence-electron chi connectivity index (χ2n) is 7.43. The van der Waals surface area contributed by atoms with Crippen molar-refractivity contribution in [3.63, 3.8) is 0 Å². The first-order valence-electron chi connectivity index (χ1n) is 9.89. The number of hydrogen-bond donors (Lipinski definition) is 3. The quantitative estimate of drug-likeness (QED) is 0.354. The smallest absolute Gasteiger partial charge is 0.475 e. The van der Waals surface area contributed by atoms with Gasteiger partial charge in [-0.1, -0.05) is 18.2 Å². The Morgan fingerprint density at radius 1 is 1.17 bits per heavy atom. The molecule has 0 spiro atoms. The van der Waals surface area contributed by atoms with Crippen molar-refractivity contribution in [3.05, 3.63) is 65.9 Å². The van der Waals surface area contributed by atoms with Gasteiger partial charge in [0.05, 0.1) is 5.69 Å². The highest BCUT2D eigenvalue weighted by Crippen LogP contribution is 2.29. The first-order chi connectivity index (χ1) is 16.5. The van der Waals surface area contributed by atoms with Crippen LogP contribution < -0.4 is 5.32 Å². The fraction of sp³-hybridized carbons (Fsp3) is 0.182. The molecular weight excluding hydrogens is 474 g/mol. The lowest BCUT2D eigenvalue weighted by atomic mass is 10.1. The van der Waals surface area contributed by atoms with E-state index in [0.717, 1.165) is 10.9 Å². The second kappa shape index (κ2) is 10.3. The number of alkyl halides is 3. The van der Waals surface area contributed by atoms with Crippen LogP contribution in [0.3, 0.4) is 0 Å². The summed E-state index contributed by atoms with van der Waals surface area (Å²) in [7, 11) is 3.81. The molecule has 0 radical (unpaired) electrons. The number of H-pyrrole nitrogens is 1. The van der Waals surface area contributed by atoms with Crippen molar-refractivity contribution in [2.45, 2.75) is 12.7 Å². The first kappa shape index (κ1) is 25.4. The molecule has 2 heterocycles. The van der Waals surface area contributed by atoms with E-state index < -0.39 is 23.9 Å². The topological polar surface area (TPSA) is 124 Å². The molecule has 0 aliphatic rings. The SMILES string of the molecule is CN(C)Cc1c(C(=O)Nc2cc(-c3ncn[nH]3)ccc2F)oc2ccccc12.O=C(O)C(F)(F)F. The summed E-state index contributed by atoms with van der Waals surface area (Å²) in [5, 5.41) is 17.1. The number of nitrogens with one attached hydrogen (secondary N) is 2. The summed E-state index contributed by atoms with van der Waals surface area (Å²) in [5.74, 6) is -3.18. The number of fused-ring (bicyclic) bond motifs is 1. The van der Waals surface area contributed by atoms with E-state index in [0.29, 0.717) is 23.5 Å². The van der Waals surface area contributed by atoms with E-state index in [4.69, 9.17) is 14.3 Å². The molecule has 0 aliphatic carbocycles. The van der Waals surface area contributed by atoms with Crippen molar-refractivity contribution in [1.82, 2.24) is 20.1 Å². The molecule has 13 heteroatoms. The molecule has 9 nitrogen and oxygen atoms in total. The summed E-state index contributed by atoms with van der Waals surface area (Å²) >= 11 is 0. The molecule has 2 aromatic carbocycles. The van der Waals surface area contributed by atoms with E-state index in [1.54, 1.807) is 12.1 Å². The molecule has 184 valence electrons. The normalized spacial score (nSPS) is 11.3. The van der Waals surface area contributed by atoms with Crippen LogP contribution in [0.2, 0.25) is 0 Å². The van der Waals surface area contributed by atoms with E-state index >= 15 is 0 Å². The number of aromatic amines is 1. The minimum absolute atomic E-state index is 0.0372. The van der Waals surface area contributed by atoms with Gasteiger partial charge in [-0.25, -0.2) is 14.2 Å². The van der Waals surface area contributed by atoms with Gasteiger partial charge in [0.25, 0.3) is 5.91 Å². The Balaban J connectivity index is 0.000000429. The number of aliphatic carboxylic acids is 1. The number of furan rings is 1. The number of benzene rings is 2. The van der Waals surface area contributed by atoms with E-state index in [2.05, 4.69) is 20.5 Å². The molecule has 0 fully saturated rings. The van der Waals surface area contributed by atoms with Crippen LogP contribution in [0.25, 0.3) is 22.4 Å². The van der Waals surface area contributed by atoms with Crippen LogP contribution >= 0.6 is 0 Å². The number of nitrogens with zero attached hydrogens (tertiary/aromatic N) is 3. The number of carboxylic acid groups (broad SMARTS) is 1. The van der Waals surface area contributed by atoms with Crippen molar-refractivity contribution in [2.24, 2.45) is 0 Å². The molecule has 0 saturated carbocycles. The standard InChI is InChI=1S/C20H18FN5O2.C2HF3O2/c1-26(2)10-14-13-5-3-4-6-17(13)28-18(14)20(27)24-16-9-12(7-8-15(16)21)19-22-11-23-25-19;3-2(4,5)1(6)7/h3-9,11H,10H2,1-2H3,(H,24,27)(H,22,23,25);(H,6,7). The van der Waals surface area contributed by atoms with Crippen molar-refractivity contribution in [3.8, 4) is 11.4 Å². The van der Waals surface area contributed by atoms with Crippen LogP contribution in [0.1, 0.15) is 16.1 Å². The number of carboxylic acids is 1. The molecule has 0 aliphatic heterocycles.